The van der Waals surface area contributed by atoms with Crippen molar-refractivity contribution in [1.82, 2.24) is 9.78 Å². The fourth-order valence-corrected chi connectivity index (χ4v) is 1.86. The molecule has 0 aliphatic rings. The van der Waals surface area contributed by atoms with Crippen LogP contribution in [0.1, 0.15) is 22.8 Å². The minimum atomic E-state index is -0.694. The van der Waals surface area contributed by atoms with Crippen molar-refractivity contribution in [2.24, 2.45) is 0 Å². The highest BCUT2D eigenvalue weighted by Gasteiger charge is 2.18. The van der Waals surface area contributed by atoms with Crippen LogP contribution < -0.4 is 5.32 Å². The van der Waals surface area contributed by atoms with E-state index in [1.807, 2.05) is 6.92 Å². The van der Waals surface area contributed by atoms with E-state index in [4.69, 9.17) is 5.11 Å². The maximum absolute atomic E-state index is 11.9. The van der Waals surface area contributed by atoms with Crippen LogP contribution in [0.3, 0.4) is 0 Å². The Morgan fingerprint density at radius 3 is 2.57 bits per heavy atom. The molecule has 2 N–H and O–H groups in total. The summed E-state index contributed by atoms with van der Waals surface area (Å²) in [6.45, 7) is 2.61. The van der Waals surface area contributed by atoms with Crippen LogP contribution in [0.5, 0.6) is 0 Å². The Hall–Kier alpha value is -2.47. The Balaban J connectivity index is 2.01. The number of amides is 1. The number of rotatable bonds is 6. The number of aryl methyl sites for hydroxylation is 1. The minimum Gasteiger partial charge on any atom is -0.396 e. The van der Waals surface area contributed by atoms with E-state index in [0.717, 1.165) is 5.56 Å². The molecule has 2 aromatic rings. The molecule has 0 atom stereocenters. The first-order chi connectivity index (χ1) is 10.1. The van der Waals surface area contributed by atoms with Crippen LogP contribution >= 0.6 is 0 Å². The number of anilines is 1. The van der Waals surface area contributed by atoms with Crippen molar-refractivity contribution in [3.63, 3.8) is 0 Å². The van der Waals surface area contributed by atoms with Crippen molar-refractivity contribution < 1.29 is 14.7 Å². The molecule has 1 heterocycles. The first kappa shape index (κ1) is 14.9. The Morgan fingerprint density at radius 1 is 1.29 bits per heavy atom. The highest BCUT2D eigenvalue weighted by atomic mass is 16.3. The van der Waals surface area contributed by atoms with Crippen molar-refractivity contribution in [2.75, 3.05) is 11.9 Å². The predicted octanol–water partition coefficient (Wildman–Crippen LogP) is 1.26. The second-order valence-electron chi connectivity index (χ2n) is 4.54. The molecular formula is C15H17N3O3. The van der Waals surface area contributed by atoms with Gasteiger partial charge in [-0.1, -0.05) is 12.1 Å². The summed E-state index contributed by atoms with van der Waals surface area (Å²) in [5.41, 5.74) is 1.77. The normalized spacial score (nSPS) is 10.4. The lowest BCUT2D eigenvalue weighted by molar-refractivity contribution is -0.112. The quantitative estimate of drug-likeness (QED) is 0.619. The zero-order valence-corrected chi connectivity index (χ0v) is 11.7. The number of aliphatic hydroxyl groups excluding tert-OH is 1. The number of nitrogens with one attached hydrogen (secondary N) is 1. The molecule has 0 radical (unpaired) electrons. The summed E-state index contributed by atoms with van der Waals surface area (Å²) in [6, 6.07) is 6.99. The molecule has 110 valence electrons. The summed E-state index contributed by atoms with van der Waals surface area (Å²) in [7, 11) is 0. The lowest BCUT2D eigenvalue weighted by Crippen LogP contribution is -2.22. The standard InChI is InChI=1S/C15H17N3O3/c1-2-18-10-12(9-16-18)14(20)15(21)17-13-5-3-11(4-6-13)7-8-19/h3-6,9-10,19H,2,7-8H2,1H3,(H,17,21). The van der Waals surface area contributed by atoms with E-state index in [1.54, 1.807) is 35.1 Å². The average Bonchev–Trinajstić information content (AvgIpc) is 2.97. The molecule has 0 fully saturated rings. The van der Waals surface area contributed by atoms with Gasteiger partial charge in [0.1, 0.15) is 0 Å². The smallest absolute Gasteiger partial charge is 0.296 e. The molecule has 6 heteroatoms. The highest BCUT2D eigenvalue weighted by Crippen LogP contribution is 2.11. The van der Waals surface area contributed by atoms with Gasteiger partial charge in [-0.25, -0.2) is 0 Å². The Bertz CT molecular complexity index is 632. The first-order valence-electron chi connectivity index (χ1n) is 6.72. The summed E-state index contributed by atoms with van der Waals surface area (Å²) in [6.07, 6.45) is 3.49. The van der Waals surface area contributed by atoms with Gasteiger partial charge in [-0.05, 0) is 31.0 Å². The number of hydrogen-bond acceptors (Lipinski definition) is 4. The second kappa shape index (κ2) is 6.81. The van der Waals surface area contributed by atoms with E-state index in [-0.39, 0.29) is 12.2 Å². The SMILES string of the molecule is CCn1cc(C(=O)C(=O)Nc2ccc(CCO)cc2)cn1. The van der Waals surface area contributed by atoms with Crippen LogP contribution in [0.25, 0.3) is 0 Å². The van der Waals surface area contributed by atoms with E-state index in [0.29, 0.717) is 18.7 Å². The molecule has 0 unspecified atom stereocenters. The third kappa shape index (κ3) is 3.76. The van der Waals surface area contributed by atoms with Crippen LogP contribution in [-0.2, 0) is 17.8 Å². The topological polar surface area (TPSA) is 84.2 Å². The summed E-state index contributed by atoms with van der Waals surface area (Å²) in [5, 5.41) is 15.4. The van der Waals surface area contributed by atoms with Crippen LogP contribution in [0.4, 0.5) is 5.69 Å². The molecule has 6 nitrogen and oxygen atoms in total. The van der Waals surface area contributed by atoms with Gasteiger partial charge in [0.05, 0.1) is 11.8 Å². The molecule has 0 saturated carbocycles. The van der Waals surface area contributed by atoms with Gasteiger partial charge in [-0.15, -0.1) is 0 Å². The van der Waals surface area contributed by atoms with Crippen molar-refractivity contribution in [1.29, 1.82) is 0 Å². The maximum Gasteiger partial charge on any atom is 0.296 e. The predicted molar refractivity (Wildman–Crippen MR) is 78.1 cm³/mol. The van der Waals surface area contributed by atoms with Gasteiger partial charge >= 0.3 is 0 Å². The maximum atomic E-state index is 11.9. The van der Waals surface area contributed by atoms with Crippen molar-refractivity contribution >= 4 is 17.4 Å². The molecule has 0 bridgehead atoms. The molecule has 0 spiro atoms. The van der Waals surface area contributed by atoms with Gasteiger partial charge in [0.2, 0.25) is 0 Å². The van der Waals surface area contributed by atoms with Gasteiger partial charge in [0, 0.05) is 25.0 Å². The third-order valence-electron chi connectivity index (χ3n) is 3.04. The lowest BCUT2D eigenvalue weighted by atomic mass is 10.1. The number of Topliss-reactive ketones (excluding diaryl/α,β-unsaturated/α-hetero) is 1. The third-order valence-corrected chi connectivity index (χ3v) is 3.04. The number of hydrogen-bond donors (Lipinski definition) is 2. The van der Waals surface area contributed by atoms with Crippen LogP contribution in [0.15, 0.2) is 36.7 Å². The minimum absolute atomic E-state index is 0.0750. The van der Waals surface area contributed by atoms with Gasteiger partial charge in [-0.2, -0.15) is 5.10 Å². The van der Waals surface area contributed by atoms with E-state index in [9.17, 15) is 9.59 Å². The molecule has 2 rings (SSSR count). The lowest BCUT2D eigenvalue weighted by Gasteiger charge is -2.04. The number of aromatic nitrogens is 2. The largest absolute Gasteiger partial charge is 0.396 e. The van der Waals surface area contributed by atoms with Crippen LogP contribution in [0, 0.1) is 0 Å². The molecule has 0 aliphatic heterocycles. The molecule has 0 saturated heterocycles. The molecule has 1 amide bonds. The van der Waals surface area contributed by atoms with E-state index >= 15 is 0 Å². The zero-order chi connectivity index (χ0) is 15.2. The fraction of sp³-hybridized carbons (Fsp3) is 0.267. The Morgan fingerprint density at radius 2 is 2.00 bits per heavy atom. The molecule has 0 aliphatic carbocycles. The van der Waals surface area contributed by atoms with Crippen molar-refractivity contribution in [3.05, 3.63) is 47.8 Å². The zero-order valence-electron chi connectivity index (χ0n) is 11.7. The fourth-order valence-electron chi connectivity index (χ4n) is 1.86. The summed E-state index contributed by atoms with van der Waals surface area (Å²) in [4.78, 5) is 23.8. The summed E-state index contributed by atoms with van der Waals surface area (Å²) in [5.74, 6) is -1.31. The monoisotopic (exact) mass is 287 g/mol. The van der Waals surface area contributed by atoms with Crippen LogP contribution in [0.2, 0.25) is 0 Å². The Kier molecular flexibility index (Phi) is 4.84. The Labute approximate surface area is 122 Å². The van der Waals surface area contributed by atoms with E-state index in [2.05, 4.69) is 10.4 Å². The van der Waals surface area contributed by atoms with Crippen LogP contribution in [-0.4, -0.2) is 33.2 Å². The summed E-state index contributed by atoms with van der Waals surface area (Å²) >= 11 is 0. The number of aliphatic hydroxyl groups is 1. The highest BCUT2D eigenvalue weighted by molar-refractivity contribution is 6.46. The number of nitrogens with zero attached hydrogens (tertiary/aromatic N) is 2. The average molecular weight is 287 g/mol. The molecular weight excluding hydrogens is 270 g/mol. The number of ketones is 1. The van der Waals surface area contributed by atoms with E-state index < -0.39 is 11.7 Å². The number of carbonyl (C=O) groups is 2. The number of carbonyl (C=O) groups excluding carboxylic acids is 2. The molecule has 1 aromatic carbocycles. The summed E-state index contributed by atoms with van der Waals surface area (Å²) < 4.78 is 1.59. The van der Waals surface area contributed by atoms with Gasteiger partial charge in [0.15, 0.2) is 0 Å². The van der Waals surface area contributed by atoms with Crippen molar-refractivity contribution in [2.45, 2.75) is 19.9 Å². The van der Waals surface area contributed by atoms with Gasteiger partial charge in [-0.3, -0.25) is 14.3 Å². The molecule has 1 aromatic heterocycles. The van der Waals surface area contributed by atoms with Gasteiger partial charge < -0.3 is 10.4 Å². The first-order valence-corrected chi connectivity index (χ1v) is 6.72. The van der Waals surface area contributed by atoms with Gasteiger partial charge in [0.25, 0.3) is 11.7 Å². The van der Waals surface area contributed by atoms with E-state index in [1.165, 1.54) is 6.20 Å². The second-order valence-corrected chi connectivity index (χ2v) is 4.54. The number of benzene rings is 1. The molecule has 21 heavy (non-hydrogen) atoms. The van der Waals surface area contributed by atoms with Crippen molar-refractivity contribution in [3.8, 4) is 0 Å².